The summed E-state index contributed by atoms with van der Waals surface area (Å²) in [6.07, 6.45) is -0.832. The molecule has 0 spiro atoms. The molecule has 0 aliphatic heterocycles. The zero-order chi connectivity index (χ0) is 24.7. The first-order valence-corrected chi connectivity index (χ1v) is 10.8. The second-order valence-corrected chi connectivity index (χ2v) is 7.72. The van der Waals surface area contributed by atoms with Gasteiger partial charge >= 0.3 is 12.1 Å². The standard InChI is InChI=1S/C24H25F3N4O3/c1-2-3-20(16-4-6-17(7-5-16)23(34)28-13-12-22(32)33)30-18-8-10-19(11-9-18)31-14-21(29-15-31)24(25,26)27/h4-11,14-15,20,30H,2-3,12-13H2,1H3,(H,28,34)(H,32,33). The Bertz CT molecular complexity index is 1110. The molecule has 0 aliphatic rings. The highest BCUT2D eigenvalue weighted by Crippen LogP contribution is 2.29. The molecule has 1 heterocycles. The number of alkyl halides is 3. The molecule has 3 N–H and O–H groups in total. The Morgan fingerprint density at radius 2 is 1.76 bits per heavy atom. The van der Waals surface area contributed by atoms with Crippen molar-refractivity contribution in [3.8, 4) is 5.69 Å². The number of carbonyl (C=O) groups excluding carboxylic acids is 1. The summed E-state index contributed by atoms with van der Waals surface area (Å²) in [6.45, 7) is 2.11. The van der Waals surface area contributed by atoms with E-state index >= 15 is 0 Å². The van der Waals surface area contributed by atoms with Crippen LogP contribution in [-0.4, -0.2) is 33.1 Å². The molecule has 1 aromatic heterocycles. The van der Waals surface area contributed by atoms with Gasteiger partial charge in [0.2, 0.25) is 0 Å². The third-order valence-corrected chi connectivity index (χ3v) is 5.16. The van der Waals surface area contributed by atoms with E-state index in [1.54, 1.807) is 36.4 Å². The molecule has 0 fully saturated rings. The fraction of sp³-hybridized carbons (Fsp3) is 0.292. The molecular formula is C24H25F3N4O3. The number of imidazole rings is 1. The van der Waals surface area contributed by atoms with Crippen LogP contribution in [0.1, 0.15) is 53.8 Å². The maximum Gasteiger partial charge on any atom is 0.434 e. The van der Waals surface area contributed by atoms with E-state index < -0.39 is 17.8 Å². The number of nitrogens with zero attached hydrogens (tertiary/aromatic N) is 2. The Labute approximate surface area is 194 Å². The normalized spacial score (nSPS) is 12.2. The maximum atomic E-state index is 12.8. The second kappa shape index (κ2) is 10.9. The van der Waals surface area contributed by atoms with E-state index in [4.69, 9.17) is 5.11 Å². The van der Waals surface area contributed by atoms with Crippen molar-refractivity contribution in [1.82, 2.24) is 14.9 Å². The highest BCUT2D eigenvalue weighted by Gasteiger charge is 2.33. The van der Waals surface area contributed by atoms with Crippen molar-refractivity contribution in [2.75, 3.05) is 11.9 Å². The summed E-state index contributed by atoms with van der Waals surface area (Å²) in [4.78, 5) is 26.1. The summed E-state index contributed by atoms with van der Waals surface area (Å²) in [5, 5.41) is 14.7. The lowest BCUT2D eigenvalue weighted by atomic mass is 10.00. The minimum absolute atomic E-state index is 0.0370. The monoisotopic (exact) mass is 474 g/mol. The largest absolute Gasteiger partial charge is 0.481 e. The zero-order valence-electron chi connectivity index (χ0n) is 18.5. The Morgan fingerprint density at radius 3 is 2.32 bits per heavy atom. The summed E-state index contributed by atoms with van der Waals surface area (Å²) in [5.41, 5.74) is 1.81. The van der Waals surface area contributed by atoms with Crippen molar-refractivity contribution in [2.45, 2.75) is 38.4 Å². The van der Waals surface area contributed by atoms with E-state index in [1.165, 1.54) is 4.57 Å². The van der Waals surface area contributed by atoms with Crippen molar-refractivity contribution in [3.05, 3.63) is 77.9 Å². The summed E-state index contributed by atoms with van der Waals surface area (Å²) >= 11 is 0. The topological polar surface area (TPSA) is 96.3 Å². The van der Waals surface area contributed by atoms with E-state index in [9.17, 15) is 22.8 Å². The van der Waals surface area contributed by atoms with E-state index in [0.717, 1.165) is 36.6 Å². The molecule has 0 saturated carbocycles. The smallest absolute Gasteiger partial charge is 0.434 e. The lowest BCUT2D eigenvalue weighted by molar-refractivity contribution is -0.141. The van der Waals surface area contributed by atoms with Crippen LogP contribution in [0.25, 0.3) is 5.69 Å². The number of benzene rings is 2. The predicted molar refractivity (Wildman–Crippen MR) is 121 cm³/mol. The molecule has 1 amide bonds. The third kappa shape index (κ3) is 6.60. The summed E-state index contributed by atoms with van der Waals surface area (Å²) in [7, 11) is 0. The Hall–Kier alpha value is -3.82. The molecule has 3 rings (SSSR count). The Balaban J connectivity index is 1.67. The molecular weight excluding hydrogens is 449 g/mol. The lowest BCUT2D eigenvalue weighted by Gasteiger charge is -2.20. The van der Waals surface area contributed by atoms with Gasteiger partial charge in [0.05, 0.1) is 18.8 Å². The zero-order valence-corrected chi connectivity index (χ0v) is 18.5. The van der Waals surface area contributed by atoms with Gasteiger partial charge in [0.1, 0.15) is 0 Å². The fourth-order valence-corrected chi connectivity index (χ4v) is 3.40. The van der Waals surface area contributed by atoms with Crippen LogP contribution < -0.4 is 10.6 Å². The van der Waals surface area contributed by atoms with Crippen molar-refractivity contribution in [1.29, 1.82) is 0 Å². The Morgan fingerprint density at radius 1 is 1.09 bits per heavy atom. The first kappa shape index (κ1) is 24.8. The number of aromatic nitrogens is 2. The van der Waals surface area contributed by atoms with Crippen molar-refractivity contribution < 1.29 is 27.9 Å². The molecule has 1 unspecified atom stereocenters. The molecule has 0 saturated heterocycles. The van der Waals surface area contributed by atoms with Crippen LogP contribution >= 0.6 is 0 Å². The van der Waals surface area contributed by atoms with Crippen molar-refractivity contribution >= 4 is 17.6 Å². The van der Waals surface area contributed by atoms with Gasteiger partial charge in [-0.05, 0) is 48.4 Å². The van der Waals surface area contributed by atoms with Crippen LogP contribution in [0.15, 0.2) is 61.1 Å². The molecule has 34 heavy (non-hydrogen) atoms. The summed E-state index contributed by atoms with van der Waals surface area (Å²) in [6, 6.07) is 14.0. The van der Waals surface area contributed by atoms with Gasteiger partial charge in [0.15, 0.2) is 5.69 Å². The number of hydrogen-bond acceptors (Lipinski definition) is 4. The first-order valence-electron chi connectivity index (χ1n) is 10.8. The number of carboxylic acids is 1. The molecule has 0 radical (unpaired) electrons. The quantitative estimate of drug-likeness (QED) is 0.382. The maximum absolute atomic E-state index is 12.8. The summed E-state index contributed by atoms with van der Waals surface area (Å²) in [5.74, 6) is -1.31. The van der Waals surface area contributed by atoms with Crippen LogP contribution in [0, 0.1) is 0 Å². The van der Waals surface area contributed by atoms with Crippen LogP contribution in [0.3, 0.4) is 0 Å². The predicted octanol–water partition coefficient (Wildman–Crippen LogP) is 5.05. The number of carboxylic acid groups (broad SMARTS) is 1. The first-order chi connectivity index (χ1) is 16.2. The highest BCUT2D eigenvalue weighted by molar-refractivity contribution is 5.94. The van der Waals surface area contributed by atoms with Crippen LogP contribution in [0.5, 0.6) is 0 Å². The van der Waals surface area contributed by atoms with E-state index in [2.05, 4.69) is 22.5 Å². The lowest BCUT2D eigenvalue weighted by Crippen LogP contribution is -2.26. The van der Waals surface area contributed by atoms with Crippen molar-refractivity contribution in [3.63, 3.8) is 0 Å². The van der Waals surface area contributed by atoms with Gasteiger partial charge < -0.3 is 20.3 Å². The number of nitrogens with one attached hydrogen (secondary N) is 2. The SMILES string of the molecule is CCCC(Nc1ccc(-n2cnc(C(F)(F)F)c2)cc1)c1ccc(C(=O)NCCC(=O)O)cc1. The molecule has 0 bridgehead atoms. The van der Waals surface area contributed by atoms with Gasteiger partial charge in [-0.2, -0.15) is 13.2 Å². The fourth-order valence-electron chi connectivity index (χ4n) is 3.40. The van der Waals surface area contributed by atoms with Gasteiger partial charge in [-0.15, -0.1) is 0 Å². The number of anilines is 1. The van der Waals surface area contributed by atoms with Crippen LogP contribution in [0.2, 0.25) is 0 Å². The van der Waals surface area contributed by atoms with E-state index in [-0.39, 0.29) is 24.9 Å². The van der Waals surface area contributed by atoms with Crippen LogP contribution in [-0.2, 0) is 11.0 Å². The molecule has 3 aromatic rings. The van der Waals surface area contributed by atoms with Gasteiger partial charge in [0, 0.05) is 29.7 Å². The van der Waals surface area contributed by atoms with E-state index in [1.807, 2.05) is 12.1 Å². The second-order valence-electron chi connectivity index (χ2n) is 7.72. The minimum atomic E-state index is -4.49. The number of hydrogen-bond donors (Lipinski definition) is 3. The van der Waals surface area contributed by atoms with Gasteiger partial charge in [-0.3, -0.25) is 9.59 Å². The van der Waals surface area contributed by atoms with Crippen LogP contribution in [0.4, 0.5) is 18.9 Å². The Kier molecular flexibility index (Phi) is 7.93. The minimum Gasteiger partial charge on any atom is -0.481 e. The number of rotatable bonds is 10. The average molecular weight is 474 g/mol. The molecule has 180 valence electrons. The number of halogens is 3. The van der Waals surface area contributed by atoms with Crippen molar-refractivity contribution in [2.24, 2.45) is 0 Å². The molecule has 2 aromatic carbocycles. The highest BCUT2D eigenvalue weighted by atomic mass is 19.4. The van der Waals surface area contributed by atoms with Gasteiger partial charge in [0.25, 0.3) is 5.91 Å². The summed E-state index contributed by atoms with van der Waals surface area (Å²) < 4.78 is 39.7. The third-order valence-electron chi connectivity index (χ3n) is 5.16. The van der Waals surface area contributed by atoms with E-state index in [0.29, 0.717) is 11.3 Å². The number of amides is 1. The van der Waals surface area contributed by atoms with Gasteiger partial charge in [-0.1, -0.05) is 25.5 Å². The number of aliphatic carboxylic acids is 1. The van der Waals surface area contributed by atoms with Gasteiger partial charge in [-0.25, -0.2) is 4.98 Å². The molecule has 7 nitrogen and oxygen atoms in total. The molecule has 0 aliphatic carbocycles. The average Bonchev–Trinajstić information content (AvgIpc) is 3.30. The molecule has 10 heteroatoms. The molecule has 1 atom stereocenters. The number of carbonyl (C=O) groups is 2.